The third kappa shape index (κ3) is 5.00. The summed E-state index contributed by atoms with van der Waals surface area (Å²) in [5.41, 5.74) is 7.14. The Morgan fingerprint density at radius 2 is 2.00 bits per heavy atom. The number of carbonyl (C=O) groups excluding carboxylic acids is 1. The summed E-state index contributed by atoms with van der Waals surface area (Å²) in [5.74, 6) is 0.0206. The van der Waals surface area contributed by atoms with Crippen molar-refractivity contribution in [2.24, 2.45) is 0 Å². The zero-order valence-electron chi connectivity index (χ0n) is 12.6. The number of carbonyl (C=O) groups is 1. The second-order valence-corrected chi connectivity index (χ2v) is 6.70. The van der Waals surface area contributed by atoms with E-state index in [0.29, 0.717) is 18.3 Å². The fraction of sp³-hybridized carbons (Fsp3) is 0.562. The predicted octanol–water partition coefficient (Wildman–Crippen LogP) is 3.62. The van der Waals surface area contributed by atoms with Crippen LogP contribution in [0.25, 0.3) is 0 Å². The van der Waals surface area contributed by atoms with Crippen molar-refractivity contribution in [3.63, 3.8) is 0 Å². The first-order valence-corrected chi connectivity index (χ1v) is 8.40. The van der Waals surface area contributed by atoms with E-state index < -0.39 is 0 Å². The van der Waals surface area contributed by atoms with Crippen molar-refractivity contribution in [1.82, 2.24) is 4.90 Å². The molecule has 1 aromatic rings. The number of likely N-dealkylation sites (N-methyl/N-ethyl adjacent to an activating group) is 1. The molecule has 0 bridgehead atoms. The number of halogens is 1. The van der Waals surface area contributed by atoms with Gasteiger partial charge < -0.3 is 11.1 Å². The molecular weight excluding hydrogens is 330 g/mol. The molecule has 0 aromatic heterocycles. The van der Waals surface area contributed by atoms with Crippen LogP contribution in [-0.4, -0.2) is 30.4 Å². The maximum absolute atomic E-state index is 12.2. The van der Waals surface area contributed by atoms with Gasteiger partial charge in [-0.25, -0.2) is 0 Å². The molecule has 21 heavy (non-hydrogen) atoms. The molecule has 2 rings (SSSR count). The van der Waals surface area contributed by atoms with Crippen molar-refractivity contribution in [3.05, 3.63) is 22.7 Å². The molecule has 0 radical (unpaired) electrons. The van der Waals surface area contributed by atoms with E-state index in [-0.39, 0.29) is 5.91 Å². The lowest BCUT2D eigenvalue weighted by atomic mass is 10.1. The summed E-state index contributed by atoms with van der Waals surface area (Å²) in [5, 5.41) is 2.94. The zero-order valence-corrected chi connectivity index (χ0v) is 14.2. The van der Waals surface area contributed by atoms with E-state index in [2.05, 4.69) is 26.1 Å². The number of nitrogen functional groups attached to an aromatic ring is 1. The number of amides is 1. The van der Waals surface area contributed by atoms with Crippen LogP contribution in [0.1, 0.15) is 38.5 Å². The highest BCUT2D eigenvalue weighted by Crippen LogP contribution is 2.25. The van der Waals surface area contributed by atoms with Crippen molar-refractivity contribution in [2.45, 2.75) is 44.6 Å². The lowest BCUT2D eigenvalue weighted by Crippen LogP contribution is -2.37. The lowest BCUT2D eigenvalue weighted by Gasteiger charge is -2.26. The first kappa shape index (κ1) is 16.3. The van der Waals surface area contributed by atoms with Gasteiger partial charge in [0.05, 0.1) is 12.2 Å². The number of benzene rings is 1. The summed E-state index contributed by atoms with van der Waals surface area (Å²) < 4.78 is 0.813. The molecule has 0 aliphatic heterocycles. The molecule has 3 N–H and O–H groups in total. The van der Waals surface area contributed by atoms with Crippen LogP contribution in [0.2, 0.25) is 0 Å². The molecule has 0 heterocycles. The minimum absolute atomic E-state index is 0.0206. The van der Waals surface area contributed by atoms with Crippen molar-refractivity contribution >= 4 is 33.2 Å². The minimum Gasteiger partial charge on any atom is -0.399 e. The standard InChI is InChI=1S/C16H24BrN3O/c1-20(13-6-4-2-3-5-7-13)11-16(21)19-15-9-8-12(18)10-14(15)17/h8-10,13H,2-7,11,18H2,1H3,(H,19,21). The Balaban J connectivity index is 1.88. The van der Waals surface area contributed by atoms with Crippen molar-refractivity contribution in [1.29, 1.82) is 0 Å². The molecule has 0 unspecified atom stereocenters. The van der Waals surface area contributed by atoms with E-state index in [1.165, 1.54) is 38.5 Å². The molecule has 0 atom stereocenters. The van der Waals surface area contributed by atoms with Gasteiger partial charge in [-0.05, 0) is 54.0 Å². The lowest BCUT2D eigenvalue weighted by molar-refractivity contribution is -0.117. The van der Waals surface area contributed by atoms with Gasteiger partial charge in [-0.3, -0.25) is 9.69 Å². The molecule has 1 fully saturated rings. The van der Waals surface area contributed by atoms with Crippen LogP contribution in [0.3, 0.4) is 0 Å². The zero-order chi connectivity index (χ0) is 15.2. The van der Waals surface area contributed by atoms with Crippen molar-refractivity contribution in [3.8, 4) is 0 Å². The molecular formula is C16H24BrN3O. The molecule has 116 valence electrons. The highest BCUT2D eigenvalue weighted by molar-refractivity contribution is 9.10. The number of nitrogens with zero attached hydrogens (tertiary/aromatic N) is 1. The number of nitrogens with one attached hydrogen (secondary N) is 1. The number of nitrogens with two attached hydrogens (primary N) is 1. The molecule has 1 aliphatic carbocycles. The van der Waals surface area contributed by atoms with Gasteiger partial charge >= 0.3 is 0 Å². The molecule has 0 saturated heterocycles. The molecule has 1 aromatic carbocycles. The Morgan fingerprint density at radius 1 is 1.33 bits per heavy atom. The Morgan fingerprint density at radius 3 is 2.62 bits per heavy atom. The molecule has 5 heteroatoms. The number of hydrogen-bond acceptors (Lipinski definition) is 3. The predicted molar refractivity (Wildman–Crippen MR) is 91.3 cm³/mol. The quantitative estimate of drug-likeness (QED) is 0.641. The van der Waals surface area contributed by atoms with Crippen LogP contribution in [0.15, 0.2) is 22.7 Å². The summed E-state index contributed by atoms with van der Waals surface area (Å²) in [6.07, 6.45) is 7.62. The fourth-order valence-corrected chi connectivity index (χ4v) is 3.37. The first-order valence-electron chi connectivity index (χ1n) is 7.61. The fourth-order valence-electron chi connectivity index (χ4n) is 2.88. The Kier molecular flexibility index (Phi) is 6.06. The van der Waals surface area contributed by atoms with Gasteiger partial charge in [-0.15, -0.1) is 0 Å². The van der Waals surface area contributed by atoms with Gasteiger partial charge in [0.2, 0.25) is 5.91 Å². The maximum Gasteiger partial charge on any atom is 0.238 e. The topological polar surface area (TPSA) is 58.4 Å². The largest absolute Gasteiger partial charge is 0.399 e. The molecule has 4 nitrogen and oxygen atoms in total. The van der Waals surface area contributed by atoms with Crippen LogP contribution in [0.4, 0.5) is 11.4 Å². The molecule has 1 saturated carbocycles. The summed E-state index contributed by atoms with van der Waals surface area (Å²) in [4.78, 5) is 14.4. The van der Waals surface area contributed by atoms with Gasteiger partial charge in [-0.1, -0.05) is 25.7 Å². The van der Waals surface area contributed by atoms with Gasteiger partial charge in [0.1, 0.15) is 0 Å². The third-order valence-electron chi connectivity index (χ3n) is 4.11. The van der Waals surface area contributed by atoms with Crippen LogP contribution in [-0.2, 0) is 4.79 Å². The molecule has 1 aliphatic rings. The minimum atomic E-state index is 0.0206. The van der Waals surface area contributed by atoms with Crippen LogP contribution in [0, 0.1) is 0 Å². The van der Waals surface area contributed by atoms with Crippen LogP contribution < -0.4 is 11.1 Å². The van der Waals surface area contributed by atoms with Crippen molar-refractivity contribution in [2.75, 3.05) is 24.6 Å². The Labute approximate surface area is 135 Å². The number of hydrogen-bond donors (Lipinski definition) is 2. The highest BCUT2D eigenvalue weighted by Gasteiger charge is 2.19. The van der Waals surface area contributed by atoms with Crippen molar-refractivity contribution < 1.29 is 4.79 Å². The Bertz CT molecular complexity index is 484. The smallest absolute Gasteiger partial charge is 0.238 e. The average Bonchev–Trinajstić information content (AvgIpc) is 2.71. The van der Waals surface area contributed by atoms with E-state index in [0.717, 1.165) is 10.2 Å². The van der Waals surface area contributed by atoms with Crippen LogP contribution in [0.5, 0.6) is 0 Å². The van der Waals surface area contributed by atoms with E-state index in [9.17, 15) is 4.79 Å². The maximum atomic E-state index is 12.2. The summed E-state index contributed by atoms with van der Waals surface area (Å²) in [6, 6.07) is 5.94. The summed E-state index contributed by atoms with van der Waals surface area (Å²) >= 11 is 3.42. The summed E-state index contributed by atoms with van der Waals surface area (Å²) in [7, 11) is 2.05. The van der Waals surface area contributed by atoms with Gasteiger partial charge in [0, 0.05) is 16.2 Å². The van der Waals surface area contributed by atoms with Gasteiger partial charge in [-0.2, -0.15) is 0 Å². The first-order chi connectivity index (χ1) is 10.1. The van der Waals surface area contributed by atoms with Crippen LogP contribution >= 0.6 is 15.9 Å². The van der Waals surface area contributed by atoms with E-state index in [4.69, 9.17) is 5.73 Å². The monoisotopic (exact) mass is 353 g/mol. The molecule has 1 amide bonds. The second-order valence-electron chi connectivity index (χ2n) is 5.85. The number of anilines is 2. The third-order valence-corrected chi connectivity index (χ3v) is 4.76. The highest BCUT2D eigenvalue weighted by atomic mass is 79.9. The SMILES string of the molecule is CN(CC(=O)Nc1ccc(N)cc1Br)C1CCCCCC1. The van der Waals surface area contributed by atoms with E-state index in [1.807, 2.05) is 13.1 Å². The van der Waals surface area contributed by atoms with Gasteiger partial charge in [0.25, 0.3) is 0 Å². The van der Waals surface area contributed by atoms with E-state index in [1.54, 1.807) is 12.1 Å². The average molecular weight is 354 g/mol. The normalized spacial score (nSPS) is 16.7. The summed E-state index contributed by atoms with van der Waals surface area (Å²) in [6.45, 7) is 0.432. The molecule has 0 spiro atoms. The number of rotatable bonds is 4. The van der Waals surface area contributed by atoms with E-state index >= 15 is 0 Å². The second kappa shape index (κ2) is 7.80. The Hall–Kier alpha value is -1.07. The van der Waals surface area contributed by atoms with Gasteiger partial charge in [0.15, 0.2) is 0 Å².